The predicted octanol–water partition coefficient (Wildman–Crippen LogP) is 3.90. The molecule has 0 unspecified atom stereocenters. The number of hydrogen-bond acceptors (Lipinski definition) is 4. The first kappa shape index (κ1) is 18.1. The van der Waals surface area contributed by atoms with Crippen molar-refractivity contribution < 1.29 is 14.3 Å². The highest BCUT2D eigenvalue weighted by Gasteiger charge is 2.13. The summed E-state index contributed by atoms with van der Waals surface area (Å²) >= 11 is 0. The van der Waals surface area contributed by atoms with Crippen molar-refractivity contribution in [1.29, 1.82) is 0 Å². The van der Waals surface area contributed by atoms with Gasteiger partial charge in [-0.15, -0.1) is 0 Å². The molecule has 0 bridgehead atoms. The highest BCUT2D eigenvalue weighted by atomic mass is 16.5. The average molecular weight is 361 g/mol. The van der Waals surface area contributed by atoms with E-state index in [0.717, 1.165) is 5.56 Å². The number of ether oxygens (including phenoxy) is 1. The summed E-state index contributed by atoms with van der Waals surface area (Å²) in [5.41, 5.74) is 2.88. The van der Waals surface area contributed by atoms with E-state index in [0.29, 0.717) is 28.3 Å². The first-order valence-corrected chi connectivity index (χ1v) is 8.34. The number of amides is 2. The van der Waals surface area contributed by atoms with Crippen molar-refractivity contribution in [2.24, 2.45) is 0 Å². The SMILES string of the molecule is COc1cccc(C(=O)Nc2ccc(C)c(C(=O)Nc3cccnc3)c2)c1. The molecular weight excluding hydrogens is 342 g/mol. The van der Waals surface area contributed by atoms with Crippen LogP contribution < -0.4 is 15.4 Å². The first-order valence-electron chi connectivity index (χ1n) is 8.34. The Morgan fingerprint density at radius 1 is 0.926 bits per heavy atom. The molecule has 2 aromatic carbocycles. The van der Waals surface area contributed by atoms with Gasteiger partial charge in [-0.2, -0.15) is 0 Å². The third-order valence-electron chi connectivity index (χ3n) is 3.99. The molecule has 27 heavy (non-hydrogen) atoms. The molecule has 2 amide bonds. The van der Waals surface area contributed by atoms with Crippen LogP contribution in [0.5, 0.6) is 5.75 Å². The zero-order chi connectivity index (χ0) is 19.2. The van der Waals surface area contributed by atoms with Gasteiger partial charge in [0.2, 0.25) is 0 Å². The molecule has 0 saturated carbocycles. The normalized spacial score (nSPS) is 10.1. The van der Waals surface area contributed by atoms with Gasteiger partial charge in [0.15, 0.2) is 0 Å². The number of methoxy groups -OCH3 is 1. The van der Waals surface area contributed by atoms with E-state index in [9.17, 15) is 9.59 Å². The lowest BCUT2D eigenvalue weighted by molar-refractivity contribution is 0.101. The lowest BCUT2D eigenvalue weighted by atomic mass is 10.1. The van der Waals surface area contributed by atoms with Gasteiger partial charge in [-0.1, -0.05) is 12.1 Å². The lowest BCUT2D eigenvalue weighted by Gasteiger charge is -2.11. The van der Waals surface area contributed by atoms with Crippen LogP contribution in [0.4, 0.5) is 11.4 Å². The van der Waals surface area contributed by atoms with Crippen LogP contribution in [0.3, 0.4) is 0 Å². The van der Waals surface area contributed by atoms with Crippen LogP contribution in [0.15, 0.2) is 67.0 Å². The van der Waals surface area contributed by atoms with Crippen LogP contribution in [0, 0.1) is 6.92 Å². The van der Waals surface area contributed by atoms with E-state index in [1.54, 1.807) is 74.1 Å². The number of nitrogens with one attached hydrogen (secondary N) is 2. The van der Waals surface area contributed by atoms with Gasteiger partial charge < -0.3 is 15.4 Å². The van der Waals surface area contributed by atoms with Crippen molar-refractivity contribution in [3.8, 4) is 5.75 Å². The van der Waals surface area contributed by atoms with Crippen molar-refractivity contribution in [2.75, 3.05) is 17.7 Å². The van der Waals surface area contributed by atoms with E-state index in [-0.39, 0.29) is 11.8 Å². The number of pyridine rings is 1. The van der Waals surface area contributed by atoms with Crippen LogP contribution in [0.2, 0.25) is 0 Å². The molecule has 0 aliphatic rings. The predicted molar refractivity (Wildman–Crippen MR) is 104 cm³/mol. The number of benzene rings is 2. The maximum Gasteiger partial charge on any atom is 0.256 e. The minimum absolute atomic E-state index is 0.266. The molecule has 3 aromatic rings. The molecule has 1 heterocycles. The third-order valence-corrected chi connectivity index (χ3v) is 3.99. The molecule has 0 saturated heterocycles. The average Bonchev–Trinajstić information content (AvgIpc) is 2.70. The number of rotatable bonds is 5. The second-order valence-corrected chi connectivity index (χ2v) is 5.91. The van der Waals surface area contributed by atoms with E-state index >= 15 is 0 Å². The Morgan fingerprint density at radius 3 is 2.48 bits per heavy atom. The van der Waals surface area contributed by atoms with Gasteiger partial charge in [-0.25, -0.2) is 0 Å². The van der Waals surface area contributed by atoms with Crippen molar-refractivity contribution in [3.63, 3.8) is 0 Å². The fourth-order valence-corrected chi connectivity index (χ4v) is 2.55. The maximum atomic E-state index is 12.6. The molecule has 0 aliphatic heterocycles. The van der Waals surface area contributed by atoms with Gasteiger partial charge in [-0.3, -0.25) is 14.6 Å². The lowest BCUT2D eigenvalue weighted by Crippen LogP contribution is -2.16. The van der Waals surface area contributed by atoms with Gasteiger partial charge in [0.05, 0.1) is 19.0 Å². The Labute approximate surface area is 157 Å². The molecular formula is C21H19N3O3. The number of nitrogens with zero attached hydrogens (tertiary/aromatic N) is 1. The minimum Gasteiger partial charge on any atom is -0.497 e. The Kier molecular flexibility index (Phi) is 5.47. The molecule has 6 heteroatoms. The summed E-state index contributed by atoms with van der Waals surface area (Å²) in [4.78, 5) is 29.0. The molecule has 1 aromatic heterocycles. The summed E-state index contributed by atoms with van der Waals surface area (Å²) in [7, 11) is 1.55. The molecule has 2 N–H and O–H groups in total. The smallest absolute Gasteiger partial charge is 0.256 e. The summed E-state index contributed by atoms with van der Waals surface area (Å²) in [5, 5.41) is 5.60. The van der Waals surface area contributed by atoms with Crippen molar-refractivity contribution in [1.82, 2.24) is 4.98 Å². The van der Waals surface area contributed by atoms with Gasteiger partial charge in [0, 0.05) is 23.0 Å². The van der Waals surface area contributed by atoms with E-state index in [1.165, 1.54) is 0 Å². The highest BCUT2D eigenvalue weighted by Crippen LogP contribution is 2.19. The van der Waals surface area contributed by atoms with Gasteiger partial charge in [-0.05, 0) is 55.0 Å². The Hall–Kier alpha value is -3.67. The zero-order valence-corrected chi connectivity index (χ0v) is 15.0. The third kappa shape index (κ3) is 4.49. The standard InChI is InChI=1S/C21H19N3O3/c1-14-8-9-16(23-20(25)15-5-3-7-18(11-15)27-2)12-19(14)21(26)24-17-6-4-10-22-13-17/h3-13H,1-2H3,(H,23,25)(H,24,26). The Balaban J connectivity index is 1.78. The Bertz CT molecular complexity index is 971. The second kappa shape index (κ2) is 8.14. The summed E-state index contributed by atoms with van der Waals surface area (Å²) in [6, 6.07) is 15.6. The quantitative estimate of drug-likeness (QED) is 0.722. The molecule has 0 spiro atoms. The van der Waals surface area contributed by atoms with Gasteiger partial charge in [0.25, 0.3) is 11.8 Å². The van der Waals surface area contributed by atoms with Crippen molar-refractivity contribution in [3.05, 3.63) is 83.7 Å². The summed E-state index contributed by atoms with van der Waals surface area (Å²) < 4.78 is 5.14. The molecule has 6 nitrogen and oxygen atoms in total. The summed E-state index contributed by atoms with van der Waals surface area (Å²) in [6.45, 7) is 1.84. The van der Waals surface area contributed by atoms with Gasteiger partial charge >= 0.3 is 0 Å². The highest BCUT2D eigenvalue weighted by molar-refractivity contribution is 6.08. The largest absolute Gasteiger partial charge is 0.497 e. The second-order valence-electron chi connectivity index (χ2n) is 5.91. The van der Waals surface area contributed by atoms with Crippen molar-refractivity contribution in [2.45, 2.75) is 6.92 Å². The zero-order valence-electron chi connectivity index (χ0n) is 15.0. The number of carbonyl (C=O) groups excluding carboxylic acids is 2. The van der Waals surface area contributed by atoms with Crippen LogP contribution in [0.25, 0.3) is 0 Å². The molecule has 0 radical (unpaired) electrons. The van der Waals surface area contributed by atoms with E-state index in [1.807, 2.05) is 6.92 Å². The molecule has 0 fully saturated rings. The monoisotopic (exact) mass is 361 g/mol. The maximum absolute atomic E-state index is 12.6. The number of carbonyl (C=O) groups is 2. The van der Waals surface area contributed by atoms with Crippen LogP contribution in [-0.2, 0) is 0 Å². The molecule has 0 atom stereocenters. The van der Waals surface area contributed by atoms with Crippen LogP contribution in [-0.4, -0.2) is 23.9 Å². The van der Waals surface area contributed by atoms with Crippen LogP contribution in [0.1, 0.15) is 26.3 Å². The van der Waals surface area contributed by atoms with Crippen molar-refractivity contribution >= 4 is 23.2 Å². The van der Waals surface area contributed by atoms with E-state index < -0.39 is 0 Å². The summed E-state index contributed by atoms with van der Waals surface area (Å²) in [5.74, 6) is 0.0532. The number of hydrogen-bond donors (Lipinski definition) is 2. The number of anilines is 2. The van der Waals surface area contributed by atoms with Gasteiger partial charge in [0.1, 0.15) is 5.75 Å². The minimum atomic E-state index is -0.281. The topological polar surface area (TPSA) is 80.3 Å². The summed E-state index contributed by atoms with van der Waals surface area (Å²) in [6.07, 6.45) is 3.21. The molecule has 136 valence electrons. The molecule has 3 rings (SSSR count). The number of aryl methyl sites for hydroxylation is 1. The molecule has 0 aliphatic carbocycles. The fraction of sp³-hybridized carbons (Fsp3) is 0.0952. The fourth-order valence-electron chi connectivity index (χ4n) is 2.55. The first-order chi connectivity index (χ1) is 13.1. The van der Waals surface area contributed by atoms with Crippen LogP contribution >= 0.6 is 0 Å². The van der Waals surface area contributed by atoms with E-state index in [4.69, 9.17) is 4.74 Å². The Morgan fingerprint density at radius 2 is 1.74 bits per heavy atom. The van der Waals surface area contributed by atoms with E-state index in [2.05, 4.69) is 15.6 Å². The number of aromatic nitrogens is 1.